The van der Waals surface area contributed by atoms with Crippen molar-refractivity contribution in [3.8, 4) is 0 Å². The van der Waals surface area contributed by atoms with Gasteiger partial charge < -0.3 is 10.5 Å². The molecule has 0 aliphatic carbocycles. The fourth-order valence-corrected chi connectivity index (χ4v) is 1.35. The van der Waals surface area contributed by atoms with Crippen LogP contribution in [0, 0.1) is 0 Å². The van der Waals surface area contributed by atoms with Gasteiger partial charge in [-0.2, -0.15) is 0 Å². The van der Waals surface area contributed by atoms with Crippen LogP contribution in [0.3, 0.4) is 0 Å². The Morgan fingerprint density at radius 2 is 1.93 bits per heavy atom. The zero-order chi connectivity index (χ0) is 10.6. The van der Waals surface area contributed by atoms with Crippen LogP contribution in [0.15, 0.2) is 30.3 Å². The van der Waals surface area contributed by atoms with E-state index in [4.69, 9.17) is 10.5 Å². The van der Waals surface area contributed by atoms with Crippen LogP contribution in [0.2, 0.25) is 0 Å². The Kier molecular flexibility index (Phi) is 3.80. The lowest BCUT2D eigenvalue weighted by molar-refractivity contribution is -0.121. The molecule has 0 bridgehead atoms. The first-order valence-electron chi connectivity index (χ1n) is 4.50. The SMILES string of the molecule is COC(c1ccccc1)C(N)C(C)=O. The van der Waals surface area contributed by atoms with E-state index in [2.05, 4.69) is 0 Å². The monoisotopic (exact) mass is 193 g/mol. The molecule has 3 nitrogen and oxygen atoms in total. The zero-order valence-electron chi connectivity index (χ0n) is 8.44. The van der Waals surface area contributed by atoms with Crippen LogP contribution < -0.4 is 5.73 Å². The molecular weight excluding hydrogens is 178 g/mol. The number of Topliss-reactive ketones (excluding diaryl/α,β-unsaturated/α-hetero) is 1. The number of carbonyl (C=O) groups is 1. The van der Waals surface area contributed by atoms with E-state index in [1.807, 2.05) is 30.3 Å². The molecule has 0 fully saturated rings. The zero-order valence-corrected chi connectivity index (χ0v) is 8.44. The maximum atomic E-state index is 11.1. The third-order valence-electron chi connectivity index (χ3n) is 2.18. The summed E-state index contributed by atoms with van der Waals surface area (Å²) in [5, 5.41) is 0. The molecule has 14 heavy (non-hydrogen) atoms. The summed E-state index contributed by atoms with van der Waals surface area (Å²) in [5.74, 6) is -0.0688. The average molecular weight is 193 g/mol. The number of methoxy groups -OCH3 is 1. The van der Waals surface area contributed by atoms with Gasteiger partial charge in [0.1, 0.15) is 11.9 Å². The summed E-state index contributed by atoms with van der Waals surface area (Å²) < 4.78 is 5.21. The van der Waals surface area contributed by atoms with Crippen molar-refractivity contribution < 1.29 is 9.53 Å². The molecule has 0 radical (unpaired) electrons. The largest absolute Gasteiger partial charge is 0.375 e. The molecule has 2 N–H and O–H groups in total. The lowest BCUT2D eigenvalue weighted by Gasteiger charge is -2.20. The quantitative estimate of drug-likeness (QED) is 0.784. The highest BCUT2D eigenvalue weighted by molar-refractivity contribution is 5.82. The molecule has 1 aromatic rings. The van der Waals surface area contributed by atoms with E-state index in [1.165, 1.54) is 6.92 Å². The van der Waals surface area contributed by atoms with Gasteiger partial charge in [0.2, 0.25) is 0 Å². The molecule has 0 aliphatic heterocycles. The highest BCUT2D eigenvalue weighted by atomic mass is 16.5. The Hall–Kier alpha value is -1.19. The van der Waals surface area contributed by atoms with Gasteiger partial charge in [0.05, 0.1) is 6.04 Å². The number of carbonyl (C=O) groups excluding carboxylic acids is 1. The van der Waals surface area contributed by atoms with Crippen molar-refractivity contribution in [3.63, 3.8) is 0 Å². The van der Waals surface area contributed by atoms with Crippen molar-refractivity contribution in [3.05, 3.63) is 35.9 Å². The third-order valence-corrected chi connectivity index (χ3v) is 2.18. The van der Waals surface area contributed by atoms with Crippen molar-refractivity contribution in [2.45, 2.75) is 19.1 Å². The Morgan fingerprint density at radius 3 is 2.36 bits per heavy atom. The van der Waals surface area contributed by atoms with Gasteiger partial charge in [0.25, 0.3) is 0 Å². The second-order valence-electron chi connectivity index (χ2n) is 3.20. The van der Waals surface area contributed by atoms with Gasteiger partial charge >= 0.3 is 0 Å². The average Bonchev–Trinajstić information content (AvgIpc) is 2.20. The molecule has 0 aliphatic rings. The van der Waals surface area contributed by atoms with E-state index in [1.54, 1.807) is 7.11 Å². The Labute approximate surface area is 83.9 Å². The standard InChI is InChI=1S/C11H15NO2/c1-8(13)10(12)11(14-2)9-6-4-3-5-7-9/h3-7,10-11H,12H2,1-2H3. The third kappa shape index (κ3) is 2.40. The van der Waals surface area contributed by atoms with Crippen LogP contribution >= 0.6 is 0 Å². The molecule has 1 rings (SSSR count). The van der Waals surface area contributed by atoms with Crippen LogP contribution in [0.25, 0.3) is 0 Å². The number of ketones is 1. The first kappa shape index (κ1) is 10.9. The highest BCUT2D eigenvalue weighted by Gasteiger charge is 2.22. The smallest absolute Gasteiger partial charge is 0.149 e. The number of hydrogen-bond acceptors (Lipinski definition) is 3. The predicted molar refractivity (Wildman–Crippen MR) is 54.8 cm³/mol. The van der Waals surface area contributed by atoms with Crippen molar-refractivity contribution in [1.29, 1.82) is 0 Å². The lowest BCUT2D eigenvalue weighted by atomic mass is 10.0. The topological polar surface area (TPSA) is 52.3 Å². The van der Waals surface area contributed by atoms with Crippen LogP contribution in [-0.4, -0.2) is 18.9 Å². The van der Waals surface area contributed by atoms with Crippen LogP contribution in [0.5, 0.6) is 0 Å². The Bertz CT molecular complexity index is 297. The number of nitrogens with two attached hydrogens (primary N) is 1. The molecule has 3 heteroatoms. The van der Waals surface area contributed by atoms with Crippen molar-refractivity contribution >= 4 is 5.78 Å². The maximum Gasteiger partial charge on any atom is 0.149 e. The molecule has 1 aromatic carbocycles. The molecule has 0 aromatic heterocycles. The normalized spacial score (nSPS) is 14.8. The van der Waals surface area contributed by atoms with Gasteiger partial charge in [0, 0.05) is 7.11 Å². The van der Waals surface area contributed by atoms with E-state index >= 15 is 0 Å². The minimum absolute atomic E-state index is 0.0688. The molecule has 76 valence electrons. The molecule has 0 saturated carbocycles. The minimum Gasteiger partial charge on any atom is -0.375 e. The van der Waals surface area contributed by atoms with Gasteiger partial charge in [-0.05, 0) is 12.5 Å². The van der Waals surface area contributed by atoms with Crippen LogP contribution in [0.1, 0.15) is 18.6 Å². The summed E-state index contributed by atoms with van der Waals surface area (Å²) in [6.45, 7) is 1.47. The summed E-state index contributed by atoms with van der Waals surface area (Å²) in [6, 6.07) is 8.91. The molecule has 2 unspecified atom stereocenters. The summed E-state index contributed by atoms with van der Waals surface area (Å²) in [4.78, 5) is 11.1. The fraction of sp³-hybridized carbons (Fsp3) is 0.364. The maximum absolute atomic E-state index is 11.1. The summed E-state index contributed by atoms with van der Waals surface area (Å²) in [5.41, 5.74) is 6.66. The van der Waals surface area contributed by atoms with Gasteiger partial charge in [-0.15, -0.1) is 0 Å². The minimum atomic E-state index is -0.595. The first-order chi connectivity index (χ1) is 6.66. The van der Waals surface area contributed by atoms with Crippen molar-refractivity contribution in [1.82, 2.24) is 0 Å². The Balaban J connectivity index is 2.87. The lowest BCUT2D eigenvalue weighted by Crippen LogP contribution is -2.36. The van der Waals surface area contributed by atoms with E-state index < -0.39 is 6.04 Å². The summed E-state index contributed by atoms with van der Waals surface area (Å²) in [7, 11) is 1.56. The summed E-state index contributed by atoms with van der Waals surface area (Å²) >= 11 is 0. The predicted octanol–water partition coefficient (Wildman–Crippen LogP) is 1.29. The molecule has 0 saturated heterocycles. The second-order valence-corrected chi connectivity index (χ2v) is 3.20. The number of rotatable bonds is 4. The molecule has 0 amide bonds. The van der Waals surface area contributed by atoms with E-state index in [0.717, 1.165) is 5.56 Å². The first-order valence-corrected chi connectivity index (χ1v) is 4.50. The number of benzene rings is 1. The van der Waals surface area contributed by atoms with Gasteiger partial charge in [-0.3, -0.25) is 4.79 Å². The fourth-order valence-electron chi connectivity index (χ4n) is 1.35. The van der Waals surface area contributed by atoms with Crippen LogP contribution in [0.4, 0.5) is 0 Å². The van der Waals surface area contributed by atoms with Gasteiger partial charge in [-0.1, -0.05) is 30.3 Å². The number of hydrogen-bond donors (Lipinski definition) is 1. The summed E-state index contributed by atoms with van der Waals surface area (Å²) in [6.07, 6.45) is -0.353. The van der Waals surface area contributed by atoms with Gasteiger partial charge in [0.15, 0.2) is 0 Å². The van der Waals surface area contributed by atoms with Crippen molar-refractivity contribution in [2.75, 3.05) is 7.11 Å². The van der Waals surface area contributed by atoms with Crippen molar-refractivity contribution in [2.24, 2.45) is 5.73 Å². The molecule has 0 spiro atoms. The van der Waals surface area contributed by atoms with Crippen LogP contribution in [-0.2, 0) is 9.53 Å². The van der Waals surface area contributed by atoms with Gasteiger partial charge in [-0.25, -0.2) is 0 Å². The van der Waals surface area contributed by atoms with E-state index in [0.29, 0.717) is 0 Å². The van der Waals surface area contributed by atoms with E-state index in [9.17, 15) is 4.79 Å². The Morgan fingerprint density at radius 1 is 1.36 bits per heavy atom. The highest BCUT2D eigenvalue weighted by Crippen LogP contribution is 2.19. The number of ether oxygens (including phenoxy) is 1. The molecule has 0 heterocycles. The molecular formula is C11H15NO2. The second kappa shape index (κ2) is 4.88. The molecule has 2 atom stereocenters. The van der Waals surface area contributed by atoms with E-state index in [-0.39, 0.29) is 11.9 Å².